The molecule has 0 aromatic heterocycles. The molecule has 2 amide bonds. The van der Waals surface area contributed by atoms with Crippen molar-refractivity contribution >= 4 is 6.03 Å². The Kier molecular flexibility index (Phi) is 7.46. The van der Waals surface area contributed by atoms with E-state index in [4.69, 9.17) is 4.74 Å². The molecule has 22 heavy (non-hydrogen) atoms. The van der Waals surface area contributed by atoms with Crippen LogP contribution in [0.15, 0.2) is 0 Å². The van der Waals surface area contributed by atoms with E-state index in [1.165, 1.54) is 6.54 Å². The van der Waals surface area contributed by atoms with Crippen molar-refractivity contribution in [1.29, 1.82) is 0 Å². The number of likely N-dealkylation sites (tertiary alicyclic amines) is 1. The molecule has 2 aliphatic heterocycles. The summed E-state index contributed by atoms with van der Waals surface area (Å²) in [6.07, 6.45) is 4.54. The quantitative estimate of drug-likeness (QED) is 0.818. The number of rotatable bonds is 6. The lowest BCUT2D eigenvalue weighted by Gasteiger charge is -2.36. The molecule has 2 aliphatic rings. The van der Waals surface area contributed by atoms with Crippen LogP contribution in [0, 0.1) is 11.8 Å². The molecule has 0 atom stereocenters. The lowest BCUT2D eigenvalue weighted by molar-refractivity contribution is 0.0258. The van der Waals surface area contributed by atoms with Crippen molar-refractivity contribution in [2.45, 2.75) is 39.5 Å². The number of nitrogens with one attached hydrogen (secondary N) is 1. The van der Waals surface area contributed by atoms with Gasteiger partial charge in [-0.25, -0.2) is 4.79 Å². The predicted octanol–water partition coefficient (Wildman–Crippen LogP) is 2.18. The van der Waals surface area contributed by atoms with Crippen LogP contribution >= 0.6 is 0 Å². The van der Waals surface area contributed by atoms with Crippen molar-refractivity contribution < 1.29 is 9.53 Å². The minimum atomic E-state index is 0.136. The van der Waals surface area contributed by atoms with Crippen LogP contribution < -0.4 is 5.32 Å². The zero-order chi connectivity index (χ0) is 15.8. The first kappa shape index (κ1) is 17.5. The number of hydrogen-bond donors (Lipinski definition) is 1. The van der Waals surface area contributed by atoms with Gasteiger partial charge in [-0.1, -0.05) is 26.7 Å². The Bertz CT molecular complexity index is 320. The monoisotopic (exact) mass is 311 g/mol. The van der Waals surface area contributed by atoms with E-state index >= 15 is 0 Å². The predicted molar refractivity (Wildman–Crippen MR) is 89.0 cm³/mol. The number of nitrogens with zero attached hydrogens (tertiary/aromatic N) is 2. The van der Waals surface area contributed by atoms with Crippen molar-refractivity contribution in [1.82, 2.24) is 15.1 Å². The van der Waals surface area contributed by atoms with E-state index in [1.54, 1.807) is 0 Å². The van der Waals surface area contributed by atoms with Crippen molar-refractivity contribution in [3.8, 4) is 0 Å². The van der Waals surface area contributed by atoms with Gasteiger partial charge >= 0.3 is 6.03 Å². The van der Waals surface area contributed by atoms with Gasteiger partial charge in [0.15, 0.2) is 0 Å². The summed E-state index contributed by atoms with van der Waals surface area (Å²) in [5.74, 6) is 1.35. The van der Waals surface area contributed by atoms with Gasteiger partial charge in [-0.05, 0) is 24.7 Å². The van der Waals surface area contributed by atoms with Gasteiger partial charge in [0.2, 0.25) is 0 Å². The average molecular weight is 311 g/mol. The molecule has 2 saturated heterocycles. The van der Waals surface area contributed by atoms with Gasteiger partial charge in [-0.3, -0.25) is 4.90 Å². The van der Waals surface area contributed by atoms with E-state index in [1.807, 2.05) is 4.90 Å². The van der Waals surface area contributed by atoms with E-state index in [2.05, 4.69) is 24.1 Å². The molecule has 0 spiro atoms. The summed E-state index contributed by atoms with van der Waals surface area (Å²) >= 11 is 0. The van der Waals surface area contributed by atoms with Crippen LogP contribution in [0.25, 0.3) is 0 Å². The summed E-state index contributed by atoms with van der Waals surface area (Å²) in [6.45, 7) is 12.1. The van der Waals surface area contributed by atoms with Crippen LogP contribution in [0.5, 0.6) is 0 Å². The maximum atomic E-state index is 12.2. The topological polar surface area (TPSA) is 44.8 Å². The molecule has 2 heterocycles. The van der Waals surface area contributed by atoms with Crippen molar-refractivity contribution in [3.63, 3.8) is 0 Å². The average Bonchev–Trinajstić information content (AvgIpc) is 2.57. The number of ether oxygens (including phenoxy) is 1. The van der Waals surface area contributed by atoms with E-state index in [9.17, 15) is 4.79 Å². The van der Waals surface area contributed by atoms with Crippen molar-refractivity contribution in [3.05, 3.63) is 0 Å². The molecule has 2 rings (SSSR count). The molecule has 0 aromatic rings. The second kappa shape index (κ2) is 9.36. The van der Waals surface area contributed by atoms with Gasteiger partial charge in [0, 0.05) is 39.3 Å². The lowest BCUT2D eigenvalue weighted by Crippen LogP contribution is -2.47. The first-order chi connectivity index (χ1) is 10.7. The normalized spacial score (nSPS) is 21.3. The van der Waals surface area contributed by atoms with Crippen LogP contribution in [0.1, 0.15) is 39.5 Å². The third-order valence-corrected chi connectivity index (χ3v) is 5.22. The van der Waals surface area contributed by atoms with E-state index in [-0.39, 0.29) is 6.03 Å². The molecule has 5 nitrogen and oxygen atoms in total. The fourth-order valence-corrected chi connectivity index (χ4v) is 3.39. The Morgan fingerprint density at radius 3 is 2.36 bits per heavy atom. The Hall–Kier alpha value is -0.810. The summed E-state index contributed by atoms with van der Waals surface area (Å²) < 4.78 is 5.40. The zero-order valence-corrected chi connectivity index (χ0v) is 14.4. The molecular weight excluding hydrogens is 278 g/mol. The molecule has 0 aliphatic carbocycles. The molecule has 0 radical (unpaired) electrons. The summed E-state index contributed by atoms with van der Waals surface area (Å²) in [5.41, 5.74) is 0. The van der Waals surface area contributed by atoms with Gasteiger partial charge in [0.25, 0.3) is 0 Å². The van der Waals surface area contributed by atoms with Gasteiger partial charge in [0.1, 0.15) is 0 Å². The maximum Gasteiger partial charge on any atom is 0.317 e. The van der Waals surface area contributed by atoms with Crippen molar-refractivity contribution in [2.75, 3.05) is 52.5 Å². The lowest BCUT2D eigenvalue weighted by atomic mass is 9.96. The van der Waals surface area contributed by atoms with Crippen LogP contribution in [-0.4, -0.2) is 68.3 Å². The molecule has 5 heteroatoms. The molecule has 0 aromatic carbocycles. The Balaban J connectivity index is 1.64. The summed E-state index contributed by atoms with van der Waals surface area (Å²) in [6, 6.07) is 0.136. The second-order valence-corrected chi connectivity index (χ2v) is 6.71. The molecule has 0 unspecified atom stereocenters. The summed E-state index contributed by atoms with van der Waals surface area (Å²) in [4.78, 5) is 16.7. The molecular formula is C17H33N3O2. The first-order valence-electron chi connectivity index (χ1n) is 9.05. The third-order valence-electron chi connectivity index (χ3n) is 5.22. The second-order valence-electron chi connectivity index (χ2n) is 6.71. The third kappa shape index (κ3) is 5.43. The van der Waals surface area contributed by atoms with Gasteiger partial charge in [-0.15, -0.1) is 0 Å². The number of hydrogen-bond acceptors (Lipinski definition) is 3. The number of carbonyl (C=O) groups is 1. The fourth-order valence-electron chi connectivity index (χ4n) is 3.39. The first-order valence-corrected chi connectivity index (χ1v) is 9.05. The highest BCUT2D eigenvalue weighted by Gasteiger charge is 2.25. The van der Waals surface area contributed by atoms with Crippen LogP contribution in [0.4, 0.5) is 4.79 Å². The van der Waals surface area contributed by atoms with Crippen LogP contribution in [0.3, 0.4) is 0 Å². The van der Waals surface area contributed by atoms with Gasteiger partial charge < -0.3 is 15.0 Å². The van der Waals surface area contributed by atoms with E-state index in [0.717, 1.165) is 77.5 Å². The minimum absolute atomic E-state index is 0.136. The summed E-state index contributed by atoms with van der Waals surface area (Å²) in [5, 5.41) is 3.11. The molecule has 128 valence electrons. The minimum Gasteiger partial charge on any atom is -0.379 e. The molecule has 0 saturated carbocycles. The van der Waals surface area contributed by atoms with Gasteiger partial charge in [-0.2, -0.15) is 0 Å². The van der Waals surface area contributed by atoms with Crippen LogP contribution in [0.2, 0.25) is 0 Å². The summed E-state index contributed by atoms with van der Waals surface area (Å²) in [7, 11) is 0. The van der Waals surface area contributed by atoms with E-state index in [0.29, 0.717) is 5.92 Å². The largest absolute Gasteiger partial charge is 0.379 e. The standard InChI is InChI=1S/C17H33N3O2/c1-3-15(4-2)13-18-17(21)20-7-5-16(6-8-20)14-19-9-11-22-12-10-19/h15-16H,3-14H2,1-2H3,(H,18,21). The Morgan fingerprint density at radius 2 is 1.77 bits per heavy atom. The Labute approximate surface area is 135 Å². The fraction of sp³-hybridized carbons (Fsp3) is 0.941. The SMILES string of the molecule is CCC(CC)CNC(=O)N1CCC(CN2CCOCC2)CC1. The smallest absolute Gasteiger partial charge is 0.317 e. The maximum absolute atomic E-state index is 12.2. The Morgan fingerprint density at radius 1 is 1.14 bits per heavy atom. The van der Waals surface area contributed by atoms with Crippen molar-refractivity contribution in [2.24, 2.45) is 11.8 Å². The van der Waals surface area contributed by atoms with Crippen LogP contribution in [-0.2, 0) is 4.74 Å². The van der Waals surface area contributed by atoms with Gasteiger partial charge in [0.05, 0.1) is 13.2 Å². The highest BCUT2D eigenvalue weighted by molar-refractivity contribution is 5.74. The number of morpholine rings is 1. The number of carbonyl (C=O) groups excluding carboxylic acids is 1. The highest BCUT2D eigenvalue weighted by Crippen LogP contribution is 2.19. The molecule has 0 bridgehead atoms. The highest BCUT2D eigenvalue weighted by atomic mass is 16.5. The molecule has 2 fully saturated rings. The number of urea groups is 1. The number of piperidine rings is 1. The number of amides is 2. The zero-order valence-electron chi connectivity index (χ0n) is 14.4. The molecule has 1 N–H and O–H groups in total. The van der Waals surface area contributed by atoms with E-state index < -0.39 is 0 Å².